The second-order valence-electron chi connectivity index (χ2n) is 2.93. The van der Waals surface area contributed by atoms with Crippen LogP contribution in [0.4, 0.5) is 0 Å². The van der Waals surface area contributed by atoms with Crippen LogP contribution in [0.5, 0.6) is 0 Å². The average Bonchev–Trinajstić information content (AvgIpc) is 2.19. The largest absolute Gasteiger partial charge is 0.500 e. The summed E-state index contributed by atoms with van der Waals surface area (Å²) >= 11 is 4.18. The van der Waals surface area contributed by atoms with E-state index < -0.39 is 8.80 Å². The van der Waals surface area contributed by atoms with Crippen LogP contribution >= 0.6 is 12.6 Å². The normalized spacial score (nSPS) is 12.0. The first-order valence-electron chi connectivity index (χ1n) is 5.18. The molecule has 0 heterocycles. The summed E-state index contributed by atoms with van der Waals surface area (Å²) in [6, 6.07) is 0.895. The van der Waals surface area contributed by atoms with E-state index in [1.165, 1.54) is 0 Å². The number of thiol groups is 1. The van der Waals surface area contributed by atoms with Crippen LogP contribution in [0.25, 0.3) is 0 Å². The van der Waals surface area contributed by atoms with Crippen molar-refractivity contribution in [2.75, 3.05) is 26.1 Å². The summed E-state index contributed by atoms with van der Waals surface area (Å²) in [7, 11) is -0.662. The summed E-state index contributed by atoms with van der Waals surface area (Å²) in [5.74, 6) is 0.909. The highest BCUT2D eigenvalue weighted by Crippen LogP contribution is 2.18. The Morgan fingerprint density at radius 2 is 1.64 bits per heavy atom. The summed E-state index contributed by atoms with van der Waals surface area (Å²) in [6.45, 7) is 5.25. The molecular formula is C9H22O3SSi. The zero-order chi connectivity index (χ0) is 10.9. The van der Waals surface area contributed by atoms with E-state index in [1.54, 1.807) is 7.11 Å². The van der Waals surface area contributed by atoms with Crippen molar-refractivity contribution in [3.63, 3.8) is 0 Å². The SMILES string of the molecule is CCO[Si](CCCCS)(OC)OCC. The second-order valence-corrected chi connectivity index (χ2v) is 6.23. The Morgan fingerprint density at radius 3 is 2.00 bits per heavy atom. The first-order chi connectivity index (χ1) is 6.74. The van der Waals surface area contributed by atoms with Crippen molar-refractivity contribution < 1.29 is 13.3 Å². The molecule has 5 heteroatoms. The number of hydrogen-bond donors (Lipinski definition) is 1. The van der Waals surface area contributed by atoms with Crippen molar-refractivity contribution >= 4 is 21.4 Å². The van der Waals surface area contributed by atoms with Crippen molar-refractivity contribution in [3.05, 3.63) is 0 Å². The molecule has 0 unspecified atom stereocenters. The zero-order valence-electron chi connectivity index (χ0n) is 9.41. The molecule has 0 N–H and O–H groups in total. The number of rotatable bonds is 9. The molecule has 0 bridgehead atoms. The lowest BCUT2D eigenvalue weighted by Crippen LogP contribution is -2.44. The van der Waals surface area contributed by atoms with Crippen molar-refractivity contribution in [2.24, 2.45) is 0 Å². The fraction of sp³-hybridized carbons (Fsp3) is 1.00. The van der Waals surface area contributed by atoms with E-state index in [0.717, 1.165) is 24.6 Å². The maximum Gasteiger partial charge on any atom is 0.500 e. The summed E-state index contributed by atoms with van der Waals surface area (Å²) in [6.07, 6.45) is 2.14. The predicted molar refractivity (Wildman–Crippen MR) is 63.9 cm³/mol. The quantitative estimate of drug-likeness (QED) is 0.380. The lowest BCUT2D eigenvalue weighted by Gasteiger charge is -2.27. The molecule has 0 atom stereocenters. The molecule has 0 aliphatic heterocycles. The van der Waals surface area contributed by atoms with Crippen LogP contribution in [0, 0.1) is 0 Å². The van der Waals surface area contributed by atoms with E-state index >= 15 is 0 Å². The number of unbranched alkanes of at least 4 members (excludes halogenated alkanes) is 1. The van der Waals surface area contributed by atoms with Gasteiger partial charge < -0.3 is 13.3 Å². The van der Waals surface area contributed by atoms with Gasteiger partial charge in [0.15, 0.2) is 0 Å². The van der Waals surface area contributed by atoms with Crippen LogP contribution in [-0.2, 0) is 13.3 Å². The molecule has 0 aromatic rings. The maximum absolute atomic E-state index is 5.64. The third-order valence-corrected chi connectivity index (χ3v) is 5.29. The lowest BCUT2D eigenvalue weighted by atomic mass is 10.4. The Labute approximate surface area is 93.9 Å². The fourth-order valence-electron chi connectivity index (χ4n) is 1.30. The molecule has 0 amide bonds. The third-order valence-electron chi connectivity index (χ3n) is 1.93. The molecule has 0 saturated heterocycles. The molecule has 0 aliphatic carbocycles. The second kappa shape index (κ2) is 8.73. The minimum Gasteiger partial charge on any atom is -0.377 e. The van der Waals surface area contributed by atoms with E-state index in [2.05, 4.69) is 12.6 Å². The molecule has 14 heavy (non-hydrogen) atoms. The lowest BCUT2D eigenvalue weighted by molar-refractivity contribution is 0.0861. The van der Waals surface area contributed by atoms with Gasteiger partial charge in [-0.3, -0.25) is 0 Å². The number of hydrogen-bond acceptors (Lipinski definition) is 4. The van der Waals surface area contributed by atoms with E-state index in [4.69, 9.17) is 13.3 Å². The van der Waals surface area contributed by atoms with Crippen molar-refractivity contribution in [1.82, 2.24) is 0 Å². The van der Waals surface area contributed by atoms with Crippen LogP contribution in [-0.4, -0.2) is 34.9 Å². The standard InChI is InChI=1S/C9H22O3SSi/c1-4-11-14(10-3,12-5-2)9-7-6-8-13/h13H,4-9H2,1-3H3. The molecule has 0 rings (SSSR count). The Kier molecular flexibility index (Phi) is 9.01. The van der Waals surface area contributed by atoms with Crippen molar-refractivity contribution in [3.8, 4) is 0 Å². The van der Waals surface area contributed by atoms with Gasteiger partial charge in [0.25, 0.3) is 0 Å². The molecule has 0 radical (unpaired) electrons. The van der Waals surface area contributed by atoms with Crippen LogP contribution in [0.2, 0.25) is 6.04 Å². The van der Waals surface area contributed by atoms with Gasteiger partial charge in [-0.25, -0.2) is 0 Å². The smallest absolute Gasteiger partial charge is 0.377 e. The molecular weight excluding hydrogens is 216 g/mol. The molecule has 0 fully saturated rings. The Bertz CT molecular complexity index is 129. The summed E-state index contributed by atoms with van der Waals surface area (Å²) in [4.78, 5) is 0. The predicted octanol–water partition coefficient (Wildman–Crippen LogP) is 2.35. The van der Waals surface area contributed by atoms with Crippen LogP contribution in [0.3, 0.4) is 0 Å². The fourth-order valence-corrected chi connectivity index (χ4v) is 3.90. The van der Waals surface area contributed by atoms with Gasteiger partial charge in [-0.15, -0.1) is 0 Å². The molecule has 0 aromatic heterocycles. The molecule has 3 nitrogen and oxygen atoms in total. The molecule has 0 spiro atoms. The van der Waals surface area contributed by atoms with Gasteiger partial charge in [-0.1, -0.05) is 0 Å². The highest BCUT2D eigenvalue weighted by Gasteiger charge is 2.38. The third kappa shape index (κ3) is 5.36. The molecule has 0 saturated carbocycles. The Morgan fingerprint density at radius 1 is 1.07 bits per heavy atom. The summed E-state index contributed by atoms with van der Waals surface area (Å²) in [5, 5.41) is 0. The van der Waals surface area contributed by atoms with Gasteiger partial charge in [-0.2, -0.15) is 12.6 Å². The van der Waals surface area contributed by atoms with Gasteiger partial charge in [-0.05, 0) is 32.4 Å². The van der Waals surface area contributed by atoms with E-state index in [9.17, 15) is 0 Å². The minimum atomic E-state index is -2.34. The molecule has 0 aromatic carbocycles. The van der Waals surface area contributed by atoms with E-state index in [0.29, 0.717) is 13.2 Å². The highest BCUT2D eigenvalue weighted by molar-refractivity contribution is 7.80. The summed E-state index contributed by atoms with van der Waals surface area (Å²) in [5.41, 5.74) is 0. The van der Waals surface area contributed by atoms with Crippen LogP contribution in [0.15, 0.2) is 0 Å². The van der Waals surface area contributed by atoms with Crippen molar-refractivity contribution in [1.29, 1.82) is 0 Å². The van der Waals surface area contributed by atoms with Gasteiger partial charge in [0, 0.05) is 26.4 Å². The van der Waals surface area contributed by atoms with Gasteiger partial charge >= 0.3 is 8.80 Å². The van der Waals surface area contributed by atoms with Gasteiger partial charge in [0.05, 0.1) is 0 Å². The first kappa shape index (κ1) is 14.4. The minimum absolute atomic E-state index is 0.654. The van der Waals surface area contributed by atoms with Crippen LogP contribution < -0.4 is 0 Å². The Hall–Kier alpha value is 0.447. The Balaban J connectivity index is 4.03. The zero-order valence-corrected chi connectivity index (χ0v) is 11.3. The van der Waals surface area contributed by atoms with Gasteiger partial charge in [0.2, 0.25) is 0 Å². The van der Waals surface area contributed by atoms with E-state index in [-0.39, 0.29) is 0 Å². The van der Waals surface area contributed by atoms with Crippen molar-refractivity contribution in [2.45, 2.75) is 32.7 Å². The topological polar surface area (TPSA) is 27.7 Å². The highest BCUT2D eigenvalue weighted by atomic mass is 32.1. The average molecular weight is 238 g/mol. The maximum atomic E-state index is 5.64. The van der Waals surface area contributed by atoms with E-state index in [1.807, 2.05) is 13.8 Å². The molecule has 0 aliphatic rings. The summed E-state index contributed by atoms with van der Waals surface area (Å²) < 4.78 is 16.7. The van der Waals surface area contributed by atoms with Gasteiger partial charge in [0.1, 0.15) is 0 Å². The molecule has 86 valence electrons. The van der Waals surface area contributed by atoms with Crippen LogP contribution in [0.1, 0.15) is 26.7 Å². The first-order valence-corrected chi connectivity index (χ1v) is 7.75. The monoisotopic (exact) mass is 238 g/mol.